The summed E-state index contributed by atoms with van der Waals surface area (Å²) < 4.78 is 5.41. The van der Waals surface area contributed by atoms with Crippen LogP contribution < -0.4 is 4.74 Å². The molecule has 2 saturated carbocycles. The number of terminal acetylenes is 1. The number of hydrogen-bond acceptors (Lipinski definition) is 3. The highest BCUT2D eigenvalue weighted by Gasteiger charge is 2.56. The molecule has 0 radical (unpaired) electrons. The van der Waals surface area contributed by atoms with Gasteiger partial charge in [-0.1, -0.05) is 36.8 Å². The third-order valence-corrected chi connectivity index (χ3v) is 9.16. The van der Waals surface area contributed by atoms with Crippen LogP contribution in [-0.4, -0.2) is 24.1 Å². The molecule has 0 spiro atoms. The summed E-state index contributed by atoms with van der Waals surface area (Å²) in [5.41, 5.74) is 5.70. The summed E-state index contributed by atoms with van der Waals surface area (Å²) in [6.45, 7) is 3.99. The monoisotopic (exact) mass is 468 g/mol. The number of aliphatic hydroxyl groups is 1. The Morgan fingerprint density at radius 2 is 1.80 bits per heavy atom. The topological polar surface area (TPSA) is 46.5 Å². The molecule has 35 heavy (non-hydrogen) atoms. The smallest absolute Gasteiger partial charge is 0.156 e. The van der Waals surface area contributed by atoms with E-state index in [0.29, 0.717) is 24.2 Å². The number of hydrogen-bond donors (Lipinski definition) is 1. The van der Waals surface area contributed by atoms with Crippen molar-refractivity contribution in [3.63, 3.8) is 0 Å². The van der Waals surface area contributed by atoms with Crippen LogP contribution in [0, 0.1) is 29.6 Å². The van der Waals surface area contributed by atoms with E-state index in [1.54, 1.807) is 19.6 Å². The minimum Gasteiger partial charge on any atom is -0.497 e. The molecule has 0 bridgehead atoms. The molecule has 2 aromatic rings. The summed E-state index contributed by atoms with van der Waals surface area (Å²) in [6.07, 6.45) is 13.0. The molecule has 6 rings (SSSR count). The summed E-state index contributed by atoms with van der Waals surface area (Å²) >= 11 is 0. The van der Waals surface area contributed by atoms with E-state index in [1.165, 1.54) is 27.5 Å². The molecule has 4 aliphatic rings. The lowest BCUT2D eigenvalue weighted by atomic mass is 9.53. The van der Waals surface area contributed by atoms with E-state index >= 15 is 0 Å². The molecule has 5 unspecified atom stereocenters. The van der Waals surface area contributed by atoms with Crippen molar-refractivity contribution in [2.24, 2.45) is 17.3 Å². The Balaban J connectivity index is 0.000000806. The number of allylic oxidation sites excluding steroid dienone is 4. The number of ether oxygens (including phenoxy) is 1. The summed E-state index contributed by atoms with van der Waals surface area (Å²) in [4.78, 5) is 12.2. The molecule has 0 aliphatic heterocycles. The molecule has 0 aromatic heterocycles. The summed E-state index contributed by atoms with van der Waals surface area (Å²) in [6, 6.07) is 13.1. The molecule has 182 valence electrons. The zero-order valence-corrected chi connectivity index (χ0v) is 21.1. The van der Waals surface area contributed by atoms with Gasteiger partial charge in [-0.15, -0.1) is 12.3 Å². The summed E-state index contributed by atoms with van der Waals surface area (Å²) in [7, 11) is 1.71. The van der Waals surface area contributed by atoms with E-state index in [9.17, 15) is 9.90 Å². The van der Waals surface area contributed by atoms with Gasteiger partial charge in [0.15, 0.2) is 5.78 Å². The molecule has 0 amide bonds. The lowest BCUT2D eigenvalue weighted by Gasteiger charge is -2.52. The predicted molar refractivity (Wildman–Crippen MR) is 141 cm³/mol. The minimum absolute atomic E-state index is 0.0278. The van der Waals surface area contributed by atoms with Gasteiger partial charge >= 0.3 is 0 Å². The van der Waals surface area contributed by atoms with E-state index in [1.807, 2.05) is 12.1 Å². The molecule has 2 aromatic carbocycles. The van der Waals surface area contributed by atoms with Crippen LogP contribution in [0.5, 0.6) is 5.75 Å². The molecule has 0 saturated heterocycles. The van der Waals surface area contributed by atoms with E-state index in [-0.39, 0.29) is 17.3 Å². The van der Waals surface area contributed by atoms with Crippen molar-refractivity contribution >= 4 is 16.6 Å². The summed E-state index contributed by atoms with van der Waals surface area (Å²) in [5, 5.41) is 13.5. The number of rotatable bonds is 2. The summed E-state index contributed by atoms with van der Waals surface area (Å²) in [5.74, 6) is 4.82. The maximum Gasteiger partial charge on any atom is 0.156 e. The third kappa shape index (κ3) is 4.03. The maximum absolute atomic E-state index is 12.2. The highest BCUT2D eigenvalue weighted by Crippen LogP contribution is 2.63. The number of carbonyl (C=O) groups is 1. The Morgan fingerprint density at radius 3 is 2.57 bits per heavy atom. The van der Waals surface area contributed by atoms with Gasteiger partial charge in [-0.3, -0.25) is 4.79 Å². The van der Waals surface area contributed by atoms with E-state index in [2.05, 4.69) is 49.6 Å². The predicted octanol–water partition coefficient (Wildman–Crippen LogP) is 6.75. The Hall–Kier alpha value is -2.83. The highest BCUT2D eigenvalue weighted by atomic mass is 16.5. The van der Waals surface area contributed by atoms with Gasteiger partial charge in [-0.2, -0.15) is 0 Å². The first-order valence-corrected chi connectivity index (χ1v) is 13.0. The molecule has 0 heterocycles. The van der Waals surface area contributed by atoms with Crippen LogP contribution in [0.15, 0.2) is 59.2 Å². The molecule has 3 heteroatoms. The number of benzene rings is 2. The maximum atomic E-state index is 12.2. The second-order valence-corrected chi connectivity index (χ2v) is 10.9. The van der Waals surface area contributed by atoms with Gasteiger partial charge in [-0.25, -0.2) is 0 Å². The number of aliphatic hydroxyl groups excluding tert-OH is 1. The Labute approximate surface area is 209 Å². The first-order chi connectivity index (χ1) is 16.9. The molecule has 2 fully saturated rings. The van der Waals surface area contributed by atoms with Gasteiger partial charge in [0, 0.05) is 12.3 Å². The van der Waals surface area contributed by atoms with Crippen molar-refractivity contribution in [1.82, 2.24) is 0 Å². The quantitative estimate of drug-likeness (QED) is 0.496. The van der Waals surface area contributed by atoms with Gasteiger partial charge < -0.3 is 9.84 Å². The molecular formula is C32H36O3. The minimum atomic E-state index is -0.212. The van der Waals surface area contributed by atoms with E-state index < -0.39 is 0 Å². The van der Waals surface area contributed by atoms with Crippen LogP contribution in [0.3, 0.4) is 0 Å². The fourth-order valence-electron chi connectivity index (χ4n) is 7.52. The van der Waals surface area contributed by atoms with Crippen molar-refractivity contribution in [3.8, 4) is 18.1 Å². The first kappa shape index (κ1) is 23.9. The van der Waals surface area contributed by atoms with Crippen molar-refractivity contribution < 1.29 is 14.6 Å². The average molecular weight is 469 g/mol. The van der Waals surface area contributed by atoms with E-state index in [0.717, 1.165) is 44.3 Å². The number of methoxy groups -OCH3 is 1. The van der Waals surface area contributed by atoms with Crippen LogP contribution in [0.2, 0.25) is 0 Å². The van der Waals surface area contributed by atoms with Gasteiger partial charge in [0.2, 0.25) is 0 Å². The third-order valence-electron chi connectivity index (χ3n) is 9.16. The lowest BCUT2D eigenvalue weighted by molar-refractivity contribution is -0.114. The van der Waals surface area contributed by atoms with Crippen LogP contribution in [0.1, 0.15) is 70.3 Å². The number of ketones is 1. The van der Waals surface area contributed by atoms with E-state index in [4.69, 9.17) is 4.74 Å². The molecule has 1 N–H and O–H groups in total. The molecular weight excluding hydrogens is 432 g/mol. The largest absolute Gasteiger partial charge is 0.497 e. The second kappa shape index (κ2) is 9.32. The standard InChI is InChI=1S/C29H32O3.C3H4/c1-29-16-25(19-4-3-18-15-22(32-2)8-5-17(18)13-19)28-23-10-7-21(30)14-20(23)6-9-24(28)26(29)11-12-27(29)31;1-3-2/h3-5,8,13-15,24-27,31H,6-7,9-12,16H2,1-2H3;1H,2H3. The van der Waals surface area contributed by atoms with Crippen molar-refractivity contribution in [2.45, 2.75) is 70.8 Å². The van der Waals surface area contributed by atoms with Crippen LogP contribution >= 0.6 is 0 Å². The number of fused-ring (bicyclic) bond motifs is 5. The zero-order chi connectivity index (χ0) is 24.7. The van der Waals surface area contributed by atoms with Crippen molar-refractivity contribution in [3.05, 3.63) is 64.8 Å². The van der Waals surface area contributed by atoms with Crippen LogP contribution in [0.4, 0.5) is 0 Å². The fraction of sp³-hybridized carbons (Fsp3) is 0.469. The molecule has 4 aliphatic carbocycles. The van der Waals surface area contributed by atoms with Gasteiger partial charge in [0.05, 0.1) is 13.2 Å². The van der Waals surface area contributed by atoms with Gasteiger partial charge in [0.1, 0.15) is 5.75 Å². The molecule has 5 atom stereocenters. The molecule has 3 nitrogen and oxygen atoms in total. The van der Waals surface area contributed by atoms with Crippen LogP contribution in [-0.2, 0) is 4.79 Å². The Kier molecular flexibility index (Phi) is 6.36. The highest BCUT2D eigenvalue weighted by molar-refractivity contribution is 5.93. The van der Waals surface area contributed by atoms with Gasteiger partial charge in [-0.05, 0) is 108 Å². The van der Waals surface area contributed by atoms with Crippen LogP contribution in [0.25, 0.3) is 10.8 Å². The Bertz CT molecular complexity index is 1260. The fourth-order valence-corrected chi connectivity index (χ4v) is 7.52. The zero-order valence-electron chi connectivity index (χ0n) is 21.1. The SMILES string of the molecule is C#CC.COc1ccc2cc(C3CC4(C)C(O)CCC4C4CCC5=CC(=O)CCC5=C34)ccc2c1. The average Bonchev–Trinajstić information content (AvgIpc) is 3.17. The lowest BCUT2D eigenvalue weighted by Crippen LogP contribution is -2.45. The van der Waals surface area contributed by atoms with Gasteiger partial charge in [0.25, 0.3) is 0 Å². The normalized spacial score (nSPS) is 31.4. The Morgan fingerprint density at radius 1 is 1.06 bits per heavy atom. The second-order valence-electron chi connectivity index (χ2n) is 10.9. The number of carbonyl (C=O) groups excluding carboxylic acids is 1. The van der Waals surface area contributed by atoms with Crippen molar-refractivity contribution in [1.29, 1.82) is 0 Å². The first-order valence-electron chi connectivity index (χ1n) is 13.0. The van der Waals surface area contributed by atoms with Crippen molar-refractivity contribution in [2.75, 3.05) is 7.11 Å².